The van der Waals surface area contributed by atoms with E-state index in [9.17, 15) is 14.4 Å². The lowest BCUT2D eigenvalue weighted by Crippen LogP contribution is -2.80. The van der Waals surface area contributed by atoms with Crippen LogP contribution in [0.5, 0.6) is 5.75 Å². The van der Waals surface area contributed by atoms with Crippen molar-refractivity contribution in [3.63, 3.8) is 0 Å². The van der Waals surface area contributed by atoms with E-state index in [1.165, 1.54) is 23.8 Å². The van der Waals surface area contributed by atoms with Gasteiger partial charge < -0.3 is 25.0 Å². The molecule has 0 saturated carbocycles. The van der Waals surface area contributed by atoms with Crippen molar-refractivity contribution in [3.8, 4) is 5.75 Å². The van der Waals surface area contributed by atoms with Crippen molar-refractivity contribution in [2.24, 2.45) is 0 Å². The van der Waals surface area contributed by atoms with Crippen molar-refractivity contribution in [2.75, 3.05) is 24.8 Å². The fourth-order valence-electron chi connectivity index (χ4n) is 4.04. The van der Waals surface area contributed by atoms with E-state index in [1.807, 2.05) is 55.5 Å². The number of thioether (sulfide) groups is 1. The standard InChI is InChI=1S/C23H25N3O5S/c1-23(25-15-9-5-3-6-10-15)14-32-21-18(20(28)26(21)19(23)22(29)30-2)24-17(27)13-31-16-11-7-4-8-12-16/h3-12,18-19,21,25H,13-14H2,1-2H3,(H,24,27)/t18?,19?,21-,23?/m1/s1. The van der Waals surface area contributed by atoms with Gasteiger partial charge in [0.15, 0.2) is 12.6 Å². The number of hydrogen-bond donors (Lipinski definition) is 2. The Kier molecular flexibility index (Phi) is 6.27. The summed E-state index contributed by atoms with van der Waals surface area (Å²) in [5.41, 5.74) is 0.107. The summed E-state index contributed by atoms with van der Waals surface area (Å²) in [6, 6.07) is 17.0. The van der Waals surface area contributed by atoms with E-state index in [0.717, 1.165) is 5.69 Å². The van der Waals surface area contributed by atoms with E-state index in [-0.39, 0.29) is 17.9 Å². The van der Waals surface area contributed by atoms with E-state index >= 15 is 0 Å². The van der Waals surface area contributed by atoms with Crippen LogP contribution < -0.4 is 15.4 Å². The lowest BCUT2D eigenvalue weighted by Gasteiger charge is -2.58. The summed E-state index contributed by atoms with van der Waals surface area (Å²) < 4.78 is 10.5. The fraction of sp³-hybridized carbons (Fsp3) is 0.348. The predicted octanol–water partition coefficient (Wildman–Crippen LogP) is 1.88. The van der Waals surface area contributed by atoms with Crippen LogP contribution in [0.1, 0.15) is 6.92 Å². The molecule has 2 N–H and O–H groups in total. The molecule has 2 heterocycles. The van der Waals surface area contributed by atoms with Crippen LogP contribution in [-0.2, 0) is 19.1 Å². The number of nitrogens with one attached hydrogen (secondary N) is 2. The van der Waals surface area contributed by atoms with E-state index in [4.69, 9.17) is 9.47 Å². The number of anilines is 1. The average molecular weight is 456 g/mol. The molecule has 0 spiro atoms. The Morgan fingerprint density at radius 3 is 2.44 bits per heavy atom. The highest BCUT2D eigenvalue weighted by molar-refractivity contribution is 8.00. The molecule has 0 aliphatic carbocycles. The van der Waals surface area contributed by atoms with Gasteiger partial charge >= 0.3 is 5.97 Å². The summed E-state index contributed by atoms with van der Waals surface area (Å²) >= 11 is 1.52. The molecule has 2 aliphatic rings. The van der Waals surface area contributed by atoms with E-state index in [1.54, 1.807) is 12.1 Å². The third-order valence-corrected chi connectivity index (χ3v) is 7.18. The van der Waals surface area contributed by atoms with Gasteiger partial charge in [0.05, 0.1) is 12.6 Å². The molecule has 0 radical (unpaired) electrons. The van der Waals surface area contributed by atoms with Crippen LogP contribution in [0.2, 0.25) is 0 Å². The van der Waals surface area contributed by atoms with Gasteiger partial charge in [-0.15, -0.1) is 11.8 Å². The number of β-lactam (4-membered cyclic amide) rings is 1. The van der Waals surface area contributed by atoms with Gasteiger partial charge in [0.1, 0.15) is 17.2 Å². The number of rotatable bonds is 7. The Morgan fingerprint density at radius 2 is 1.78 bits per heavy atom. The molecule has 0 aromatic heterocycles. The number of methoxy groups -OCH3 is 1. The van der Waals surface area contributed by atoms with Crippen molar-refractivity contribution in [3.05, 3.63) is 60.7 Å². The van der Waals surface area contributed by atoms with Crippen LogP contribution in [0.25, 0.3) is 0 Å². The number of amides is 2. The third-order valence-electron chi connectivity index (χ3n) is 5.57. The van der Waals surface area contributed by atoms with Crippen molar-refractivity contribution in [2.45, 2.75) is 29.9 Å². The molecule has 168 valence electrons. The van der Waals surface area contributed by atoms with Gasteiger partial charge in [-0.1, -0.05) is 36.4 Å². The van der Waals surface area contributed by atoms with Crippen molar-refractivity contribution in [1.29, 1.82) is 0 Å². The minimum Gasteiger partial charge on any atom is -0.484 e. The molecular weight excluding hydrogens is 430 g/mol. The highest BCUT2D eigenvalue weighted by Crippen LogP contribution is 2.43. The minimum absolute atomic E-state index is 0.196. The molecule has 32 heavy (non-hydrogen) atoms. The highest BCUT2D eigenvalue weighted by Gasteiger charge is 2.61. The molecule has 3 unspecified atom stereocenters. The van der Waals surface area contributed by atoms with E-state index < -0.39 is 29.5 Å². The van der Waals surface area contributed by atoms with Gasteiger partial charge in [0, 0.05) is 11.4 Å². The summed E-state index contributed by atoms with van der Waals surface area (Å²) in [5, 5.41) is 5.79. The molecule has 4 rings (SSSR count). The summed E-state index contributed by atoms with van der Waals surface area (Å²) in [7, 11) is 1.31. The molecule has 2 saturated heterocycles. The second-order valence-electron chi connectivity index (χ2n) is 7.93. The Morgan fingerprint density at radius 1 is 1.12 bits per heavy atom. The predicted molar refractivity (Wildman–Crippen MR) is 121 cm³/mol. The van der Waals surface area contributed by atoms with Gasteiger partial charge in [-0.05, 0) is 31.2 Å². The van der Waals surface area contributed by atoms with Crippen LogP contribution in [0.3, 0.4) is 0 Å². The van der Waals surface area contributed by atoms with Gasteiger partial charge in [0.25, 0.3) is 5.91 Å². The summed E-state index contributed by atoms with van der Waals surface area (Å²) in [5.74, 6) is -0.0793. The fourth-order valence-corrected chi connectivity index (χ4v) is 5.55. The first-order valence-corrected chi connectivity index (χ1v) is 11.3. The van der Waals surface area contributed by atoms with Crippen LogP contribution >= 0.6 is 11.8 Å². The van der Waals surface area contributed by atoms with Crippen LogP contribution in [0.15, 0.2) is 60.7 Å². The highest BCUT2D eigenvalue weighted by atomic mass is 32.2. The zero-order valence-electron chi connectivity index (χ0n) is 17.8. The summed E-state index contributed by atoms with van der Waals surface area (Å²) in [6.45, 7) is 1.70. The molecular formula is C23H25N3O5S. The summed E-state index contributed by atoms with van der Waals surface area (Å²) in [6.07, 6.45) is 0. The Hall–Kier alpha value is -3.20. The Bertz CT molecular complexity index is 990. The molecule has 8 nitrogen and oxygen atoms in total. The lowest BCUT2D eigenvalue weighted by molar-refractivity contribution is -0.166. The van der Waals surface area contributed by atoms with Crippen molar-refractivity contribution >= 4 is 35.2 Å². The molecule has 2 aliphatic heterocycles. The topological polar surface area (TPSA) is 97.0 Å². The second kappa shape index (κ2) is 9.12. The second-order valence-corrected chi connectivity index (χ2v) is 9.03. The maximum absolute atomic E-state index is 13.0. The Balaban J connectivity index is 1.44. The van der Waals surface area contributed by atoms with Gasteiger partial charge in [-0.3, -0.25) is 9.59 Å². The van der Waals surface area contributed by atoms with Gasteiger partial charge in [-0.25, -0.2) is 4.79 Å². The number of para-hydroxylation sites is 2. The maximum atomic E-state index is 13.0. The smallest absolute Gasteiger partial charge is 0.331 e. The number of carbonyl (C=O) groups is 3. The normalized spacial score (nSPS) is 26.4. The molecule has 4 atom stereocenters. The maximum Gasteiger partial charge on any atom is 0.331 e. The monoisotopic (exact) mass is 455 g/mol. The number of benzene rings is 2. The number of nitrogens with zero attached hydrogens (tertiary/aromatic N) is 1. The number of ether oxygens (including phenoxy) is 2. The number of fused-ring (bicyclic) bond motifs is 1. The minimum atomic E-state index is -0.819. The van der Waals surface area contributed by atoms with E-state index in [2.05, 4.69) is 10.6 Å². The molecule has 2 aromatic rings. The van der Waals surface area contributed by atoms with Crippen LogP contribution in [0, 0.1) is 0 Å². The lowest BCUT2D eigenvalue weighted by atomic mass is 9.87. The Labute approximate surface area is 190 Å². The van der Waals surface area contributed by atoms with Gasteiger partial charge in [0.2, 0.25) is 5.91 Å². The zero-order valence-corrected chi connectivity index (χ0v) is 18.6. The first-order chi connectivity index (χ1) is 15.4. The number of carbonyl (C=O) groups excluding carboxylic acids is 3. The third kappa shape index (κ3) is 4.25. The van der Waals surface area contributed by atoms with Crippen molar-refractivity contribution in [1.82, 2.24) is 10.2 Å². The number of hydrogen-bond acceptors (Lipinski definition) is 7. The molecule has 2 aromatic carbocycles. The first kappa shape index (κ1) is 22.0. The zero-order chi connectivity index (χ0) is 22.7. The number of esters is 1. The molecule has 9 heteroatoms. The SMILES string of the molecule is COC(=O)C1N2C(=O)C(NC(=O)COc3ccccc3)[C@H]2SCC1(C)Nc1ccccc1. The first-order valence-electron chi connectivity index (χ1n) is 10.2. The van der Waals surface area contributed by atoms with E-state index in [0.29, 0.717) is 11.5 Å². The molecule has 0 bridgehead atoms. The largest absolute Gasteiger partial charge is 0.484 e. The molecule has 2 amide bonds. The molecule has 2 fully saturated rings. The van der Waals surface area contributed by atoms with Crippen molar-refractivity contribution < 1.29 is 23.9 Å². The van der Waals surface area contributed by atoms with Crippen LogP contribution in [0.4, 0.5) is 5.69 Å². The average Bonchev–Trinajstić information content (AvgIpc) is 2.81. The van der Waals surface area contributed by atoms with Crippen LogP contribution in [-0.4, -0.2) is 65.1 Å². The quantitative estimate of drug-likeness (QED) is 0.486. The van der Waals surface area contributed by atoms with Gasteiger partial charge in [-0.2, -0.15) is 0 Å². The summed E-state index contributed by atoms with van der Waals surface area (Å²) in [4.78, 5) is 39.6.